The maximum Gasteiger partial charge on any atom is 0.191 e. The van der Waals surface area contributed by atoms with E-state index in [4.69, 9.17) is 9.47 Å². The summed E-state index contributed by atoms with van der Waals surface area (Å²) in [6, 6.07) is 0.634. The van der Waals surface area contributed by atoms with Gasteiger partial charge in [-0.15, -0.1) is 0 Å². The predicted molar refractivity (Wildman–Crippen MR) is 91.6 cm³/mol. The number of guanidine groups is 1. The number of hydrogen-bond donors (Lipinski definition) is 2. The third-order valence-corrected chi connectivity index (χ3v) is 4.07. The first-order chi connectivity index (χ1) is 10.8. The lowest BCUT2D eigenvalue weighted by atomic mass is 10.0. The van der Waals surface area contributed by atoms with Crippen LogP contribution in [0, 0.1) is 0 Å². The van der Waals surface area contributed by atoms with E-state index < -0.39 is 0 Å². The Bertz CT molecular complexity index is 300. The molecule has 0 bridgehead atoms. The van der Waals surface area contributed by atoms with Gasteiger partial charge < -0.3 is 20.1 Å². The molecule has 0 saturated carbocycles. The average Bonchev–Trinajstić information content (AvgIpc) is 2.57. The van der Waals surface area contributed by atoms with Gasteiger partial charge in [-0.3, -0.25) is 9.89 Å². The molecule has 0 amide bonds. The lowest BCUT2D eigenvalue weighted by Gasteiger charge is -2.35. The number of aliphatic imine (C=N–C) groups is 1. The number of rotatable bonds is 10. The fourth-order valence-electron chi connectivity index (χ4n) is 2.77. The highest BCUT2D eigenvalue weighted by Crippen LogP contribution is 2.15. The average molecular weight is 314 g/mol. The van der Waals surface area contributed by atoms with E-state index in [1.807, 2.05) is 7.05 Å². The van der Waals surface area contributed by atoms with Crippen molar-refractivity contribution in [1.29, 1.82) is 0 Å². The van der Waals surface area contributed by atoms with E-state index in [0.717, 1.165) is 38.6 Å². The summed E-state index contributed by atoms with van der Waals surface area (Å²) in [5, 5.41) is 6.79. The largest absolute Gasteiger partial charge is 0.382 e. The molecule has 1 aliphatic heterocycles. The number of methoxy groups -OCH3 is 1. The molecule has 0 aliphatic carbocycles. The fourth-order valence-corrected chi connectivity index (χ4v) is 2.77. The molecular weight excluding hydrogens is 280 g/mol. The minimum Gasteiger partial charge on any atom is -0.382 e. The first kappa shape index (κ1) is 19.2. The molecule has 1 atom stereocenters. The number of piperidine rings is 1. The van der Waals surface area contributed by atoms with Crippen molar-refractivity contribution in [3.63, 3.8) is 0 Å². The van der Waals surface area contributed by atoms with Crippen molar-refractivity contribution in [3.8, 4) is 0 Å². The quantitative estimate of drug-likeness (QED) is 0.359. The lowest BCUT2D eigenvalue weighted by Crippen LogP contribution is -2.49. The number of ether oxygens (including phenoxy) is 2. The van der Waals surface area contributed by atoms with Crippen LogP contribution in [0.3, 0.4) is 0 Å². The molecule has 2 N–H and O–H groups in total. The highest BCUT2D eigenvalue weighted by molar-refractivity contribution is 5.79. The SMILES string of the molecule is CCN1CCCCC1CNC(=NC)NCCCOCCOC. The van der Waals surface area contributed by atoms with Crippen molar-refractivity contribution in [2.45, 2.75) is 38.6 Å². The molecule has 0 aromatic heterocycles. The lowest BCUT2D eigenvalue weighted by molar-refractivity contribution is 0.0698. The van der Waals surface area contributed by atoms with Crippen LogP contribution < -0.4 is 10.6 Å². The van der Waals surface area contributed by atoms with Gasteiger partial charge in [-0.2, -0.15) is 0 Å². The van der Waals surface area contributed by atoms with Gasteiger partial charge in [0.1, 0.15) is 0 Å². The number of likely N-dealkylation sites (tertiary alicyclic amines) is 1. The smallest absolute Gasteiger partial charge is 0.191 e. The second-order valence-electron chi connectivity index (χ2n) is 5.62. The third kappa shape index (κ3) is 7.96. The van der Waals surface area contributed by atoms with E-state index in [1.165, 1.54) is 25.8 Å². The van der Waals surface area contributed by atoms with E-state index in [-0.39, 0.29) is 0 Å². The molecule has 1 unspecified atom stereocenters. The van der Waals surface area contributed by atoms with Crippen LogP contribution in [-0.2, 0) is 9.47 Å². The van der Waals surface area contributed by atoms with Gasteiger partial charge >= 0.3 is 0 Å². The Morgan fingerprint density at radius 3 is 2.82 bits per heavy atom. The number of nitrogens with one attached hydrogen (secondary N) is 2. The molecule has 1 fully saturated rings. The molecule has 0 spiro atoms. The molecular formula is C16H34N4O2. The molecule has 1 heterocycles. The molecule has 0 aromatic carbocycles. The Balaban J connectivity index is 2.11. The first-order valence-electron chi connectivity index (χ1n) is 8.57. The monoisotopic (exact) mass is 314 g/mol. The predicted octanol–water partition coefficient (Wildman–Crippen LogP) is 1.08. The van der Waals surface area contributed by atoms with Crippen LogP contribution in [0.1, 0.15) is 32.6 Å². The molecule has 0 aromatic rings. The Labute approximate surface area is 135 Å². The van der Waals surface area contributed by atoms with E-state index in [9.17, 15) is 0 Å². The third-order valence-electron chi connectivity index (χ3n) is 4.07. The molecule has 1 rings (SSSR count). The van der Waals surface area contributed by atoms with Crippen LogP contribution >= 0.6 is 0 Å². The van der Waals surface area contributed by atoms with E-state index >= 15 is 0 Å². The van der Waals surface area contributed by atoms with Crippen LogP contribution in [0.15, 0.2) is 4.99 Å². The van der Waals surface area contributed by atoms with Crippen LogP contribution in [0.5, 0.6) is 0 Å². The molecule has 130 valence electrons. The molecule has 1 saturated heterocycles. The standard InChI is InChI=1S/C16H34N4O2/c1-4-20-10-6-5-8-15(20)14-19-16(17-2)18-9-7-11-22-13-12-21-3/h15H,4-14H2,1-3H3,(H2,17,18,19). The van der Waals surface area contributed by atoms with Gasteiger partial charge in [0, 0.05) is 39.9 Å². The minimum atomic E-state index is 0.634. The Kier molecular flexibility index (Phi) is 11.1. The van der Waals surface area contributed by atoms with Crippen molar-refractivity contribution in [1.82, 2.24) is 15.5 Å². The zero-order valence-electron chi connectivity index (χ0n) is 14.6. The summed E-state index contributed by atoms with van der Waals surface area (Å²) in [5.41, 5.74) is 0. The van der Waals surface area contributed by atoms with Crippen LogP contribution in [0.2, 0.25) is 0 Å². The van der Waals surface area contributed by atoms with Gasteiger partial charge in [0.2, 0.25) is 0 Å². The number of nitrogens with zero attached hydrogens (tertiary/aromatic N) is 2. The number of likely N-dealkylation sites (N-methyl/N-ethyl adjacent to an activating group) is 1. The van der Waals surface area contributed by atoms with Crippen molar-refractivity contribution < 1.29 is 9.47 Å². The van der Waals surface area contributed by atoms with Crippen LogP contribution in [-0.4, -0.2) is 77.1 Å². The summed E-state index contributed by atoms with van der Waals surface area (Å²) < 4.78 is 10.4. The van der Waals surface area contributed by atoms with Crippen LogP contribution in [0.4, 0.5) is 0 Å². The summed E-state index contributed by atoms with van der Waals surface area (Å²) in [4.78, 5) is 6.85. The van der Waals surface area contributed by atoms with Gasteiger partial charge in [-0.05, 0) is 32.4 Å². The normalized spacial score (nSPS) is 20.1. The summed E-state index contributed by atoms with van der Waals surface area (Å²) in [7, 11) is 3.51. The van der Waals surface area contributed by atoms with Gasteiger partial charge in [-0.25, -0.2) is 0 Å². The van der Waals surface area contributed by atoms with Gasteiger partial charge in [0.25, 0.3) is 0 Å². The number of hydrogen-bond acceptors (Lipinski definition) is 4. The summed E-state index contributed by atoms with van der Waals surface area (Å²) in [6.07, 6.45) is 4.92. The first-order valence-corrected chi connectivity index (χ1v) is 8.57. The molecule has 6 nitrogen and oxygen atoms in total. The Morgan fingerprint density at radius 2 is 2.09 bits per heavy atom. The molecule has 1 aliphatic rings. The topological polar surface area (TPSA) is 58.1 Å². The molecule has 6 heteroatoms. The Morgan fingerprint density at radius 1 is 1.23 bits per heavy atom. The second kappa shape index (κ2) is 12.7. The van der Waals surface area contributed by atoms with Crippen molar-refractivity contribution in [3.05, 3.63) is 0 Å². The van der Waals surface area contributed by atoms with Crippen molar-refractivity contribution >= 4 is 5.96 Å². The van der Waals surface area contributed by atoms with E-state index in [0.29, 0.717) is 19.3 Å². The zero-order chi connectivity index (χ0) is 16.0. The maximum absolute atomic E-state index is 5.44. The summed E-state index contributed by atoms with van der Waals surface area (Å²) >= 11 is 0. The van der Waals surface area contributed by atoms with E-state index in [1.54, 1.807) is 7.11 Å². The van der Waals surface area contributed by atoms with E-state index in [2.05, 4.69) is 27.4 Å². The highest BCUT2D eigenvalue weighted by atomic mass is 16.5. The van der Waals surface area contributed by atoms with Crippen molar-refractivity contribution in [2.24, 2.45) is 4.99 Å². The second-order valence-corrected chi connectivity index (χ2v) is 5.62. The summed E-state index contributed by atoms with van der Waals surface area (Å²) in [5.74, 6) is 0.888. The van der Waals surface area contributed by atoms with Crippen LogP contribution in [0.25, 0.3) is 0 Å². The zero-order valence-corrected chi connectivity index (χ0v) is 14.6. The highest BCUT2D eigenvalue weighted by Gasteiger charge is 2.20. The van der Waals surface area contributed by atoms with Gasteiger partial charge in [-0.1, -0.05) is 13.3 Å². The minimum absolute atomic E-state index is 0.634. The maximum atomic E-state index is 5.44. The van der Waals surface area contributed by atoms with Crippen molar-refractivity contribution in [2.75, 3.05) is 60.2 Å². The molecule has 0 radical (unpaired) electrons. The van der Waals surface area contributed by atoms with Gasteiger partial charge in [0.15, 0.2) is 5.96 Å². The fraction of sp³-hybridized carbons (Fsp3) is 0.938. The summed E-state index contributed by atoms with van der Waals surface area (Å²) in [6.45, 7) is 8.52. The van der Waals surface area contributed by atoms with Gasteiger partial charge in [0.05, 0.1) is 13.2 Å². The molecule has 22 heavy (non-hydrogen) atoms. The Hall–Kier alpha value is -0.850.